The average molecular weight is 306 g/mol. The molecule has 0 spiro atoms. The molecule has 0 aliphatic heterocycles. The Balaban J connectivity index is 2.31. The van der Waals surface area contributed by atoms with Crippen LogP contribution in [0.4, 0.5) is 0 Å². The van der Waals surface area contributed by atoms with Gasteiger partial charge in [-0.1, -0.05) is 17.7 Å². The fourth-order valence-corrected chi connectivity index (χ4v) is 2.25. The van der Waals surface area contributed by atoms with E-state index in [4.69, 9.17) is 16.7 Å². The topological polar surface area (TPSA) is 57.5 Å². The van der Waals surface area contributed by atoms with Gasteiger partial charge in [0, 0.05) is 4.47 Å². The quantitative estimate of drug-likeness (QED) is 0.902. The number of aliphatic hydroxyl groups excluding tert-OH is 1. The molecular weight excluding hydrogens is 295 g/mol. The Labute approximate surface area is 106 Å². The van der Waals surface area contributed by atoms with Gasteiger partial charge in [-0.05, 0) is 46.5 Å². The second-order valence-corrected chi connectivity index (χ2v) is 5.30. The highest BCUT2D eigenvalue weighted by Crippen LogP contribution is 2.55. The highest BCUT2D eigenvalue weighted by Gasteiger charge is 2.56. The Morgan fingerprint density at radius 3 is 2.56 bits per heavy atom. The summed E-state index contributed by atoms with van der Waals surface area (Å²) < 4.78 is 0.659. The second-order valence-electron chi connectivity index (χ2n) is 4.04. The molecule has 5 heteroatoms. The highest BCUT2D eigenvalue weighted by atomic mass is 79.9. The van der Waals surface area contributed by atoms with Gasteiger partial charge < -0.3 is 10.2 Å². The van der Waals surface area contributed by atoms with Crippen molar-refractivity contribution in [3.63, 3.8) is 0 Å². The molecule has 0 heterocycles. The summed E-state index contributed by atoms with van der Waals surface area (Å²) in [5.74, 6) is -0.939. The van der Waals surface area contributed by atoms with Crippen molar-refractivity contribution in [1.29, 1.82) is 0 Å². The van der Waals surface area contributed by atoms with Crippen LogP contribution in [0.2, 0.25) is 5.02 Å². The van der Waals surface area contributed by atoms with E-state index in [1.54, 1.807) is 18.2 Å². The van der Waals surface area contributed by atoms with Crippen LogP contribution in [0, 0.1) is 5.41 Å². The highest BCUT2D eigenvalue weighted by molar-refractivity contribution is 9.10. The molecule has 2 N–H and O–H groups in total. The minimum atomic E-state index is -0.993. The van der Waals surface area contributed by atoms with Crippen LogP contribution in [0.5, 0.6) is 0 Å². The Bertz CT molecular complexity index is 443. The van der Waals surface area contributed by atoms with Gasteiger partial charge in [0.2, 0.25) is 0 Å². The minimum absolute atomic E-state index is 0.518. The molecule has 1 aliphatic rings. The van der Waals surface area contributed by atoms with Gasteiger partial charge in [0.25, 0.3) is 0 Å². The molecule has 1 saturated carbocycles. The van der Waals surface area contributed by atoms with Gasteiger partial charge in [-0.25, -0.2) is 0 Å². The van der Waals surface area contributed by atoms with Crippen molar-refractivity contribution in [2.24, 2.45) is 5.41 Å². The third-order valence-corrected chi connectivity index (χ3v) is 4.21. The maximum atomic E-state index is 11.1. The van der Waals surface area contributed by atoms with E-state index < -0.39 is 17.5 Å². The zero-order valence-electron chi connectivity index (χ0n) is 8.28. The Morgan fingerprint density at radius 1 is 1.50 bits per heavy atom. The number of aliphatic carboxylic acids is 1. The van der Waals surface area contributed by atoms with E-state index in [1.165, 1.54) is 0 Å². The molecule has 0 radical (unpaired) electrons. The lowest BCUT2D eigenvalue weighted by atomic mass is 9.93. The van der Waals surface area contributed by atoms with E-state index in [1.807, 2.05) is 0 Å². The van der Waals surface area contributed by atoms with E-state index >= 15 is 0 Å². The largest absolute Gasteiger partial charge is 0.481 e. The van der Waals surface area contributed by atoms with Crippen molar-refractivity contribution in [2.75, 3.05) is 0 Å². The van der Waals surface area contributed by atoms with Crippen molar-refractivity contribution in [1.82, 2.24) is 0 Å². The summed E-state index contributed by atoms with van der Waals surface area (Å²) in [4.78, 5) is 11.1. The van der Waals surface area contributed by atoms with Crippen LogP contribution in [-0.2, 0) is 4.79 Å². The van der Waals surface area contributed by atoms with Gasteiger partial charge >= 0.3 is 5.97 Å². The third kappa shape index (κ3) is 1.85. The number of hydrogen-bond donors (Lipinski definition) is 2. The number of carboxylic acids is 1. The van der Waals surface area contributed by atoms with Gasteiger partial charge in [0.1, 0.15) is 0 Å². The Morgan fingerprint density at radius 2 is 2.12 bits per heavy atom. The van der Waals surface area contributed by atoms with Crippen LogP contribution in [0.25, 0.3) is 0 Å². The lowest BCUT2D eigenvalue weighted by molar-refractivity contribution is -0.148. The predicted octanol–water partition coefficient (Wildman–Crippen LogP) is 3.00. The van der Waals surface area contributed by atoms with Crippen molar-refractivity contribution < 1.29 is 15.0 Å². The fourth-order valence-electron chi connectivity index (χ4n) is 1.74. The molecule has 0 aromatic heterocycles. The van der Waals surface area contributed by atoms with E-state index in [0.717, 1.165) is 0 Å². The minimum Gasteiger partial charge on any atom is -0.481 e. The molecule has 16 heavy (non-hydrogen) atoms. The normalized spacial score (nSPS) is 19.2. The van der Waals surface area contributed by atoms with E-state index in [2.05, 4.69) is 15.9 Å². The molecule has 1 aromatic rings. The molecule has 1 unspecified atom stereocenters. The molecule has 3 nitrogen and oxygen atoms in total. The lowest BCUT2D eigenvalue weighted by Crippen LogP contribution is -2.23. The summed E-state index contributed by atoms with van der Waals surface area (Å²) in [6.45, 7) is 0. The first-order valence-electron chi connectivity index (χ1n) is 4.84. The number of rotatable bonds is 3. The summed E-state index contributed by atoms with van der Waals surface area (Å²) in [6.07, 6.45) is 0.0617. The molecular formula is C11H10BrClO3. The Kier molecular flexibility index (Phi) is 2.99. The molecule has 1 fully saturated rings. The van der Waals surface area contributed by atoms with Gasteiger partial charge in [0.05, 0.1) is 16.5 Å². The number of hydrogen-bond acceptors (Lipinski definition) is 2. The van der Waals surface area contributed by atoms with Crippen LogP contribution in [0.3, 0.4) is 0 Å². The van der Waals surface area contributed by atoms with Crippen molar-refractivity contribution in [3.8, 4) is 0 Å². The zero-order valence-corrected chi connectivity index (χ0v) is 10.6. The first kappa shape index (κ1) is 11.9. The first-order valence-corrected chi connectivity index (χ1v) is 6.01. The standard InChI is InChI=1S/C11H10BrClO3/c12-7-5-6(1-2-8(7)13)9(14)11(3-4-11)10(15)16/h1-2,5,9,14H,3-4H2,(H,15,16). The third-order valence-electron chi connectivity index (χ3n) is 3.00. The summed E-state index contributed by atoms with van der Waals surface area (Å²) >= 11 is 9.08. The first-order chi connectivity index (χ1) is 7.47. The van der Waals surface area contributed by atoms with E-state index in [0.29, 0.717) is 27.9 Å². The summed E-state index contributed by atoms with van der Waals surface area (Å²) in [7, 11) is 0. The second kappa shape index (κ2) is 4.02. The van der Waals surface area contributed by atoms with Crippen LogP contribution in [0.15, 0.2) is 22.7 Å². The number of aliphatic hydroxyl groups is 1. The molecule has 1 aromatic carbocycles. The van der Waals surface area contributed by atoms with Crippen molar-refractivity contribution in [3.05, 3.63) is 33.3 Å². The molecule has 0 saturated heterocycles. The average Bonchev–Trinajstić information content (AvgIpc) is 3.02. The molecule has 2 rings (SSSR count). The molecule has 86 valence electrons. The van der Waals surface area contributed by atoms with Gasteiger partial charge in [0.15, 0.2) is 0 Å². The van der Waals surface area contributed by atoms with Crippen LogP contribution >= 0.6 is 27.5 Å². The molecule has 0 bridgehead atoms. The van der Waals surface area contributed by atoms with Gasteiger partial charge in [-0.2, -0.15) is 0 Å². The van der Waals surface area contributed by atoms with Crippen LogP contribution in [-0.4, -0.2) is 16.2 Å². The smallest absolute Gasteiger partial charge is 0.312 e. The summed E-state index contributed by atoms with van der Waals surface area (Å²) in [5.41, 5.74) is -0.413. The number of carboxylic acid groups (broad SMARTS) is 1. The molecule has 1 aliphatic carbocycles. The lowest BCUT2D eigenvalue weighted by Gasteiger charge is -2.18. The number of benzene rings is 1. The predicted molar refractivity (Wildman–Crippen MR) is 63.4 cm³/mol. The van der Waals surface area contributed by atoms with E-state index in [-0.39, 0.29) is 0 Å². The van der Waals surface area contributed by atoms with E-state index in [9.17, 15) is 9.90 Å². The van der Waals surface area contributed by atoms with Crippen LogP contribution in [0.1, 0.15) is 24.5 Å². The van der Waals surface area contributed by atoms with Crippen molar-refractivity contribution in [2.45, 2.75) is 18.9 Å². The fraction of sp³-hybridized carbons (Fsp3) is 0.364. The maximum Gasteiger partial charge on any atom is 0.312 e. The summed E-state index contributed by atoms with van der Waals surface area (Å²) in [6, 6.07) is 4.96. The SMILES string of the molecule is O=C(O)C1(C(O)c2ccc(Cl)c(Br)c2)CC1. The molecule has 1 atom stereocenters. The summed E-state index contributed by atoms with van der Waals surface area (Å²) in [5, 5.41) is 19.7. The molecule has 0 amide bonds. The van der Waals surface area contributed by atoms with Crippen molar-refractivity contribution >= 4 is 33.5 Å². The van der Waals surface area contributed by atoms with Gasteiger partial charge in [-0.15, -0.1) is 0 Å². The van der Waals surface area contributed by atoms with Gasteiger partial charge in [-0.3, -0.25) is 4.79 Å². The zero-order chi connectivity index (χ0) is 11.9. The Hall–Kier alpha value is -0.580. The monoisotopic (exact) mass is 304 g/mol. The van der Waals surface area contributed by atoms with Crippen LogP contribution < -0.4 is 0 Å². The number of carbonyl (C=O) groups is 1. The number of halogens is 2. The maximum absolute atomic E-state index is 11.1.